The van der Waals surface area contributed by atoms with Crippen LogP contribution in [-0.2, 0) is 6.42 Å². The summed E-state index contributed by atoms with van der Waals surface area (Å²) in [4.78, 5) is 2.47. The molecule has 1 saturated heterocycles. The molecule has 2 aliphatic rings. The minimum atomic E-state index is -0.0996. The van der Waals surface area contributed by atoms with Gasteiger partial charge in [0.2, 0.25) is 0 Å². The van der Waals surface area contributed by atoms with E-state index in [0.717, 1.165) is 44.9 Å². The van der Waals surface area contributed by atoms with Crippen molar-refractivity contribution in [3.8, 4) is 0 Å². The SMILES string of the molecule is Cl.Fc1ccc2c(c1)CCCN2CC1CCNCC1. The van der Waals surface area contributed by atoms with Crippen LogP contribution in [0.2, 0.25) is 0 Å². The van der Waals surface area contributed by atoms with E-state index < -0.39 is 0 Å². The molecule has 0 spiro atoms. The highest BCUT2D eigenvalue weighted by molar-refractivity contribution is 5.85. The Morgan fingerprint density at radius 3 is 2.84 bits per heavy atom. The molecule has 0 aromatic heterocycles. The maximum atomic E-state index is 13.3. The Balaban J connectivity index is 0.00000133. The lowest BCUT2D eigenvalue weighted by molar-refractivity contribution is 0.371. The summed E-state index contributed by atoms with van der Waals surface area (Å²) in [6, 6.07) is 5.27. The molecule has 4 heteroatoms. The zero-order valence-corrected chi connectivity index (χ0v) is 12.0. The van der Waals surface area contributed by atoms with Crippen molar-refractivity contribution in [3.05, 3.63) is 29.6 Å². The molecule has 19 heavy (non-hydrogen) atoms. The van der Waals surface area contributed by atoms with Crippen LogP contribution < -0.4 is 10.2 Å². The first-order chi connectivity index (χ1) is 8.83. The maximum absolute atomic E-state index is 13.3. The molecule has 106 valence electrons. The number of hydrogen-bond donors (Lipinski definition) is 1. The molecule has 2 heterocycles. The molecule has 1 aromatic carbocycles. The van der Waals surface area contributed by atoms with Crippen LogP contribution in [0.4, 0.5) is 10.1 Å². The summed E-state index contributed by atoms with van der Waals surface area (Å²) in [7, 11) is 0. The maximum Gasteiger partial charge on any atom is 0.123 e. The van der Waals surface area contributed by atoms with Crippen LogP contribution in [0.1, 0.15) is 24.8 Å². The van der Waals surface area contributed by atoms with Crippen LogP contribution in [0.3, 0.4) is 0 Å². The topological polar surface area (TPSA) is 15.3 Å². The Morgan fingerprint density at radius 1 is 1.26 bits per heavy atom. The van der Waals surface area contributed by atoms with E-state index in [2.05, 4.69) is 10.2 Å². The molecular formula is C15H22ClFN2. The fraction of sp³-hybridized carbons (Fsp3) is 0.600. The number of halogens is 2. The average Bonchev–Trinajstić information content (AvgIpc) is 2.40. The summed E-state index contributed by atoms with van der Waals surface area (Å²) < 4.78 is 13.3. The predicted octanol–water partition coefficient (Wildman–Crippen LogP) is 3.00. The average molecular weight is 285 g/mol. The minimum Gasteiger partial charge on any atom is -0.371 e. The number of aryl methyl sites for hydroxylation is 1. The van der Waals surface area contributed by atoms with E-state index in [9.17, 15) is 4.39 Å². The van der Waals surface area contributed by atoms with Crippen molar-refractivity contribution in [1.82, 2.24) is 5.32 Å². The molecule has 0 saturated carbocycles. The zero-order chi connectivity index (χ0) is 12.4. The van der Waals surface area contributed by atoms with Gasteiger partial charge in [0, 0.05) is 18.8 Å². The third kappa shape index (κ3) is 3.40. The Morgan fingerprint density at radius 2 is 2.05 bits per heavy atom. The van der Waals surface area contributed by atoms with Gasteiger partial charge in [-0.3, -0.25) is 0 Å². The van der Waals surface area contributed by atoms with E-state index in [-0.39, 0.29) is 18.2 Å². The third-order valence-electron chi connectivity index (χ3n) is 4.19. The molecule has 3 rings (SSSR count). The van der Waals surface area contributed by atoms with Crippen molar-refractivity contribution in [2.75, 3.05) is 31.1 Å². The Kier molecular flexibility index (Phi) is 5.06. The fourth-order valence-corrected chi connectivity index (χ4v) is 3.21. The third-order valence-corrected chi connectivity index (χ3v) is 4.19. The van der Waals surface area contributed by atoms with Crippen LogP contribution in [-0.4, -0.2) is 26.2 Å². The fourth-order valence-electron chi connectivity index (χ4n) is 3.21. The van der Waals surface area contributed by atoms with Gasteiger partial charge in [0.05, 0.1) is 0 Å². The van der Waals surface area contributed by atoms with E-state index in [1.807, 2.05) is 6.07 Å². The lowest BCUT2D eigenvalue weighted by Crippen LogP contribution is -2.38. The Hall–Kier alpha value is -0.800. The Bertz CT molecular complexity index is 419. The minimum absolute atomic E-state index is 0. The second kappa shape index (κ2) is 6.58. The summed E-state index contributed by atoms with van der Waals surface area (Å²) in [5.41, 5.74) is 2.45. The molecule has 1 fully saturated rings. The van der Waals surface area contributed by atoms with Crippen LogP contribution in [0.25, 0.3) is 0 Å². The van der Waals surface area contributed by atoms with E-state index in [4.69, 9.17) is 0 Å². The van der Waals surface area contributed by atoms with Crippen molar-refractivity contribution < 1.29 is 4.39 Å². The van der Waals surface area contributed by atoms with Crippen LogP contribution in [0.15, 0.2) is 18.2 Å². The van der Waals surface area contributed by atoms with Gasteiger partial charge in [-0.15, -0.1) is 12.4 Å². The largest absolute Gasteiger partial charge is 0.371 e. The highest BCUT2D eigenvalue weighted by atomic mass is 35.5. The van der Waals surface area contributed by atoms with Gasteiger partial charge in [0.15, 0.2) is 0 Å². The monoisotopic (exact) mass is 284 g/mol. The zero-order valence-electron chi connectivity index (χ0n) is 11.2. The van der Waals surface area contributed by atoms with E-state index in [1.54, 1.807) is 12.1 Å². The highest BCUT2D eigenvalue weighted by Crippen LogP contribution is 2.29. The van der Waals surface area contributed by atoms with Gasteiger partial charge in [-0.1, -0.05) is 0 Å². The molecule has 0 unspecified atom stereocenters. The molecule has 0 amide bonds. The van der Waals surface area contributed by atoms with E-state index in [0.29, 0.717) is 0 Å². The second-order valence-electron chi connectivity index (χ2n) is 5.52. The quantitative estimate of drug-likeness (QED) is 0.898. The number of anilines is 1. The summed E-state index contributed by atoms with van der Waals surface area (Å²) >= 11 is 0. The number of nitrogens with one attached hydrogen (secondary N) is 1. The van der Waals surface area contributed by atoms with Gasteiger partial charge in [-0.05, 0) is 68.5 Å². The van der Waals surface area contributed by atoms with Crippen molar-refractivity contribution in [2.24, 2.45) is 5.92 Å². The van der Waals surface area contributed by atoms with Crippen LogP contribution >= 0.6 is 12.4 Å². The van der Waals surface area contributed by atoms with Crippen LogP contribution in [0.5, 0.6) is 0 Å². The molecule has 0 bridgehead atoms. The van der Waals surface area contributed by atoms with Crippen LogP contribution in [0, 0.1) is 11.7 Å². The van der Waals surface area contributed by atoms with Gasteiger partial charge in [0.1, 0.15) is 5.82 Å². The normalized spacial score (nSPS) is 19.7. The summed E-state index contributed by atoms with van der Waals surface area (Å²) in [6.45, 7) is 4.56. The van der Waals surface area contributed by atoms with E-state index >= 15 is 0 Å². The standard InChI is InChI=1S/C15H21FN2.ClH/c16-14-3-4-15-13(10-14)2-1-9-18(15)11-12-5-7-17-8-6-12;/h3-4,10,12,17H,1-2,5-9,11H2;1H. The number of piperidine rings is 1. The van der Waals surface area contributed by atoms with Crippen molar-refractivity contribution in [2.45, 2.75) is 25.7 Å². The van der Waals surface area contributed by atoms with Crippen molar-refractivity contribution in [3.63, 3.8) is 0 Å². The van der Waals surface area contributed by atoms with Gasteiger partial charge < -0.3 is 10.2 Å². The summed E-state index contributed by atoms with van der Waals surface area (Å²) in [5.74, 6) is 0.694. The number of nitrogens with zero attached hydrogens (tertiary/aromatic N) is 1. The first kappa shape index (κ1) is 14.6. The lowest BCUT2D eigenvalue weighted by Gasteiger charge is -2.35. The molecule has 0 aliphatic carbocycles. The first-order valence-corrected chi connectivity index (χ1v) is 7.07. The van der Waals surface area contributed by atoms with Gasteiger partial charge in [0.25, 0.3) is 0 Å². The first-order valence-electron chi connectivity index (χ1n) is 7.07. The van der Waals surface area contributed by atoms with Crippen molar-refractivity contribution in [1.29, 1.82) is 0 Å². The lowest BCUT2D eigenvalue weighted by atomic mass is 9.95. The number of benzene rings is 1. The molecule has 0 radical (unpaired) electrons. The van der Waals surface area contributed by atoms with Gasteiger partial charge in [-0.2, -0.15) is 0 Å². The number of hydrogen-bond acceptors (Lipinski definition) is 2. The molecule has 2 nitrogen and oxygen atoms in total. The molecule has 1 aromatic rings. The molecule has 1 N–H and O–H groups in total. The summed E-state index contributed by atoms with van der Waals surface area (Å²) in [5, 5.41) is 3.41. The summed E-state index contributed by atoms with van der Waals surface area (Å²) in [6.07, 6.45) is 4.72. The predicted molar refractivity (Wildman–Crippen MR) is 79.8 cm³/mol. The molecular weight excluding hydrogens is 263 g/mol. The smallest absolute Gasteiger partial charge is 0.123 e. The highest BCUT2D eigenvalue weighted by Gasteiger charge is 2.21. The van der Waals surface area contributed by atoms with Gasteiger partial charge in [-0.25, -0.2) is 4.39 Å². The number of fused-ring (bicyclic) bond motifs is 1. The van der Waals surface area contributed by atoms with Gasteiger partial charge >= 0.3 is 0 Å². The number of rotatable bonds is 2. The van der Waals surface area contributed by atoms with E-state index in [1.165, 1.54) is 24.1 Å². The van der Waals surface area contributed by atoms with Crippen molar-refractivity contribution >= 4 is 18.1 Å². The molecule has 2 aliphatic heterocycles. The second-order valence-corrected chi connectivity index (χ2v) is 5.52. The Labute approximate surface area is 120 Å². The molecule has 0 atom stereocenters.